The van der Waals surface area contributed by atoms with E-state index in [-0.39, 0.29) is 19.2 Å². The third-order valence-electron chi connectivity index (χ3n) is 3.52. The van der Waals surface area contributed by atoms with Crippen molar-refractivity contribution in [1.29, 1.82) is 0 Å². The smallest absolute Gasteiger partial charge is 0.337 e. The molecule has 5 heteroatoms. The van der Waals surface area contributed by atoms with Gasteiger partial charge in [-0.05, 0) is 29.3 Å². The first-order chi connectivity index (χ1) is 11.1. The van der Waals surface area contributed by atoms with E-state index in [9.17, 15) is 14.0 Å². The van der Waals surface area contributed by atoms with E-state index in [1.54, 1.807) is 24.8 Å². The highest BCUT2D eigenvalue weighted by molar-refractivity contribution is 6.13. The number of methoxy groups -OCH3 is 1. The van der Waals surface area contributed by atoms with Crippen molar-refractivity contribution >= 4 is 11.8 Å². The number of ketones is 1. The maximum absolute atomic E-state index is 14.1. The van der Waals surface area contributed by atoms with Crippen LogP contribution >= 0.6 is 0 Å². The lowest BCUT2D eigenvalue weighted by atomic mass is 10.0. The molecular formula is C18H15FNO3. The summed E-state index contributed by atoms with van der Waals surface area (Å²) >= 11 is 0. The molecule has 1 aromatic heterocycles. The molecule has 0 spiro atoms. The number of aromatic nitrogens is 1. The van der Waals surface area contributed by atoms with Crippen LogP contribution in [0.2, 0.25) is 0 Å². The Labute approximate surface area is 134 Å². The molecule has 1 aromatic carbocycles. The van der Waals surface area contributed by atoms with E-state index >= 15 is 0 Å². The van der Waals surface area contributed by atoms with Gasteiger partial charge in [0.05, 0.1) is 12.7 Å². The van der Waals surface area contributed by atoms with Crippen LogP contribution in [0.5, 0.6) is 0 Å². The maximum Gasteiger partial charge on any atom is 0.337 e. The third kappa shape index (κ3) is 3.34. The number of allylic oxidation sites excluding steroid dienone is 2. The zero-order valence-corrected chi connectivity index (χ0v) is 12.4. The Balaban J connectivity index is 0.00000208. The van der Waals surface area contributed by atoms with Gasteiger partial charge in [-0.2, -0.15) is 0 Å². The lowest BCUT2D eigenvalue weighted by Gasteiger charge is -2.06. The van der Waals surface area contributed by atoms with Gasteiger partial charge in [-0.25, -0.2) is 9.18 Å². The molecule has 1 heterocycles. The Morgan fingerprint density at radius 3 is 2.65 bits per heavy atom. The number of nitrogens with zero attached hydrogens (tertiary/aromatic N) is 1. The van der Waals surface area contributed by atoms with Gasteiger partial charge in [-0.1, -0.05) is 12.1 Å². The largest absolute Gasteiger partial charge is 0.465 e. The topological polar surface area (TPSA) is 56.3 Å². The highest BCUT2D eigenvalue weighted by Crippen LogP contribution is 2.23. The van der Waals surface area contributed by atoms with Crippen molar-refractivity contribution in [2.45, 2.75) is 6.42 Å². The summed E-state index contributed by atoms with van der Waals surface area (Å²) < 4.78 is 18.7. The highest BCUT2D eigenvalue weighted by Gasteiger charge is 2.20. The standard InChI is InChI=1S/C18H13FNO3.H2/c1-23-18(22)14-5-4-13(16(19)8-14)6-11-7-15(10-20-9-11)17(21)12-2-3-12;/h2-5,7-10H,6H2,1H3;1H. The number of esters is 1. The summed E-state index contributed by atoms with van der Waals surface area (Å²) in [4.78, 5) is 27.4. The normalized spacial score (nSPS) is 12.5. The molecular weight excluding hydrogens is 297 g/mol. The minimum Gasteiger partial charge on any atom is -0.465 e. The number of hydrogen-bond acceptors (Lipinski definition) is 4. The van der Waals surface area contributed by atoms with E-state index in [2.05, 4.69) is 9.72 Å². The summed E-state index contributed by atoms with van der Waals surface area (Å²) in [6.07, 6.45) is 6.84. The molecule has 1 radical (unpaired) electrons. The number of carbonyl (C=O) groups excluding carboxylic acids is 2. The molecule has 1 aliphatic carbocycles. The summed E-state index contributed by atoms with van der Waals surface area (Å²) in [5.41, 5.74) is 2.45. The molecule has 0 saturated heterocycles. The minimum absolute atomic E-state index is 0. The fourth-order valence-corrected chi connectivity index (χ4v) is 2.22. The van der Waals surface area contributed by atoms with Crippen LogP contribution in [0, 0.1) is 12.2 Å². The van der Waals surface area contributed by atoms with Crippen molar-refractivity contribution < 1.29 is 20.1 Å². The van der Waals surface area contributed by atoms with Crippen molar-refractivity contribution in [1.82, 2.24) is 4.98 Å². The lowest BCUT2D eigenvalue weighted by Crippen LogP contribution is -2.04. The molecule has 1 aliphatic rings. The molecule has 0 N–H and O–H groups in total. The molecule has 0 bridgehead atoms. The van der Waals surface area contributed by atoms with Crippen LogP contribution in [0.1, 0.15) is 33.3 Å². The van der Waals surface area contributed by atoms with Crippen molar-refractivity contribution in [3.63, 3.8) is 0 Å². The van der Waals surface area contributed by atoms with E-state index in [0.29, 0.717) is 16.7 Å². The number of rotatable bonds is 5. The van der Waals surface area contributed by atoms with Gasteiger partial charge in [0.2, 0.25) is 0 Å². The Morgan fingerprint density at radius 2 is 2.00 bits per heavy atom. The molecule has 117 valence electrons. The zero-order chi connectivity index (χ0) is 16.4. The lowest BCUT2D eigenvalue weighted by molar-refractivity contribution is 0.0600. The molecule has 0 amide bonds. The molecule has 0 unspecified atom stereocenters. The fraction of sp³-hybridized carbons (Fsp3) is 0.111. The Morgan fingerprint density at radius 1 is 1.22 bits per heavy atom. The Hall–Kier alpha value is -2.82. The Bertz CT molecular complexity index is 833. The van der Waals surface area contributed by atoms with Gasteiger partial charge in [0.25, 0.3) is 0 Å². The van der Waals surface area contributed by atoms with Crippen LogP contribution in [-0.2, 0) is 11.2 Å². The number of benzene rings is 1. The number of Topliss-reactive ketones (excluding diaryl/α,β-unsaturated/α-hetero) is 1. The monoisotopic (exact) mass is 312 g/mol. The molecule has 0 aliphatic heterocycles. The summed E-state index contributed by atoms with van der Waals surface area (Å²) in [6, 6.07) is 5.90. The van der Waals surface area contributed by atoms with Gasteiger partial charge in [-0.3, -0.25) is 9.78 Å². The van der Waals surface area contributed by atoms with E-state index in [0.717, 1.165) is 11.6 Å². The van der Waals surface area contributed by atoms with Crippen molar-refractivity contribution in [3.8, 4) is 0 Å². The van der Waals surface area contributed by atoms with Crippen LogP contribution in [-0.4, -0.2) is 23.8 Å². The molecule has 2 aromatic rings. The van der Waals surface area contributed by atoms with Crippen molar-refractivity contribution in [2.75, 3.05) is 7.11 Å². The average Bonchev–Trinajstić information content (AvgIpc) is 3.40. The van der Waals surface area contributed by atoms with E-state index in [4.69, 9.17) is 0 Å². The van der Waals surface area contributed by atoms with E-state index in [1.165, 1.54) is 25.4 Å². The van der Waals surface area contributed by atoms with E-state index < -0.39 is 11.8 Å². The molecule has 23 heavy (non-hydrogen) atoms. The molecule has 0 saturated carbocycles. The van der Waals surface area contributed by atoms with Gasteiger partial charge >= 0.3 is 5.97 Å². The Kier molecular flexibility index (Phi) is 4.02. The number of halogens is 1. The van der Waals surface area contributed by atoms with Crippen molar-refractivity contribution in [3.05, 3.63) is 82.8 Å². The van der Waals surface area contributed by atoms with Crippen LogP contribution in [0.3, 0.4) is 0 Å². The first kappa shape index (κ1) is 15.1. The fourth-order valence-electron chi connectivity index (χ4n) is 2.22. The molecule has 0 fully saturated rings. The van der Waals surface area contributed by atoms with Gasteiger partial charge in [0.1, 0.15) is 5.82 Å². The number of hydrogen-bond donors (Lipinski definition) is 0. The quantitative estimate of drug-likeness (QED) is 0.628. The number of carbonyl (C=O) groups is 2. The van der Waals surface area contributed by atoms with Gasteiger partial charge in [0.15, 0.2) is 5.78 Å². The second-order valence-electron chi connectivity index (χ2n) is 5.17. The van der Waals surface area contributed by atoms with Gasteiger partial charge in [-0.15, -0.1) is 0 Å². The second-order valence-corrected chi connectivity index (χ2v) is 5.17. The predicted octanol–water partition coefficient (Wildman–Crippen LogP) is 3.17. The third-order valence-corrected chi connectivity index (χ3v) is 3.52. The second kappa shape index (κ2) is 6.12. The maximum atomic E-state index is 14.1. The molecule has 3 rings (SSSR count). The zero-order valence-electron chi connectivity index (χ0n) is 12.4. The van der Waals surface area contributed by atoms with Gasteiger partial charge < -0.3 is 4.74 Å². The molecule has 0 atom stereocenters. The van der Waals surface area contributed by atoms with Crippen LogP contribution in [0.4, 0.5) is 4.39 Å². The SMILES string of the molecule is COC(=O)c1ccc(Cc2cncc(C(=O)C3=C[CH]3)c2)c(F)c1.[HH]. The first-order valence-electron chi connectivity index (χ1n) is 6.99. The minimum atomic E-state index is -0.585. The summed E-state index contributed by atoms with van der Waals surface area (Å²) in [7, 11) is 1.25. The van der Waals surface area contributed by atoms with Crippen molar-refractivity contribution in [2.24, 2.45) is 0 Å². The van der Waals surface area contributed by atoms with Crippen LogP contribution < -0.4 is 0 Å². The number of ether oxygens (including phenoxy) is 1. The molecule has 4 nitrogen and oxygen atoms in total. The highest BCUT2D eigenvalue weighted by atomic mass is 19.1. The average molecular weight is 312 g/mol. The predicted molar refractivity (Wildman–Crippen MR) is 83.6 cm³/mol. The van der Waals surface area contributed by atoms with Crippen LogP contribution in [0.15, 0.2) is 48.3 Å². The summed E-state index contributed by atoms with van der Waals surface area (Å²) in [6.45, 7) is 0. The van der Waals surface area contributed by atoms with E-state index in [1.807, 2.05) is 0 Å². The summed E-state index contributed by atoms with van der Waals surface area (Å²) in [5, 5.41) is 0. The summed E-state index contributed by atoms with van der Waals surface area (Å²) in [5.74, 6) is -1.16. The first-order valence-corrected chi connectivity index (χ1v) is 6.99. The van der Waals surface area contributed by atoms with Crippen LogP contribution in [0.25, 0.3) is 0 Å². The number of pyridine rings is 1. The van der Waals surface area contributed by atoms with Gasteiger partial charge in [0, 0.05) is 37.8 Å².